The maximum absolute atomic E-state index is 11.8. The lowest BCUT2D eigenvalue weighted by Crippen LogP contribution is -2.00. The lowest BCUT2D eigenvalue weighted by Gasteiger charge is -2.04. The number of aromatic hydroxyl groups is 1. The first kappa shape index (κ1) is 9.90. The molecule has 3 rings (SSSR count). The van der Waals surface area contributed by atoms with Crippen LogP contribution in [0.25, 0.3) is 21.7 Å². The number of hydrogen-bond donors (Lipinski definition) is 1. The molecule has 1 heterocycles. The van der Waals surface area contributed by atoms with Crippen molar-refractivity contribution in [3.63, 3.8) is 0 Å². The second kappa shape index (κ2) is 3.35. The first-order chi connectivity index (χ1) is 8.16. The average Bonchev–Trinajstić information content (AvgIpc) is 2.30. The number of phenolic OH excluding ortho intramolecular Hbond substituents is 1. The molecule has 3 aromatic rings. The van der Waals surface area contributed by atoms with Crippen molar-refractivity contribution in [2.45, 2.75) is 6.92 Å². The van der Waals surface area contributed by atoms with Crippen molar-refractivity contribution in [2.24, 2.45) is 0 Å². The van der Waals surface area contributed by atoms with Gasteiger partial charge in [-0.05, 0) is 25.1 Å². The Bertz CT molecular complexity index is 784. The molecule has 84 valence electrons. The summed E-state index contributed by atoms with van der Waals surface area (Å²) in [7, 11) is 0. The maximum Gasteiger partial charge on any atom is 0.347 e. The minimum absolute atomic E-state index is 0.0420. The Hall–Kier alpha value is -2.29. The molecule has 2 aromatic carbocycles. The van der Waals surface area contributed by atoms with Gasteiger partial charge in [-0.2, -0.15) is 0 Å². The molecule has 0 amide bonds. The van der Waals surface area contributed by atoms with Crippen molar-refractivity contribution in [1.29, 1.82) is 0 Å². The third kappa shape index (κ3) is 1.40. The molecule has 0 saturated heterocycles. The van der Waals surface area contributed by atoms with E-state index in [1.54, 1.807) is 12.1 Å². The third-order valence-corrected chi connectivity index (χ3v) is 2.87. The van der Waals surface area contributed by atoms with Gasteiger partial charge in [0.05, 0.1) is 0 Å². The monoisotopic (exact) mass is 226 g/mol. The summed E-state index contributed by atoms with van der Waals surface area (Å²) < 4.78 is 5.20. The van der Waals surface area contributed by atoms with Crippen LogP contribution in [0.5, 0.6) is 5.75 Å². The van der Waals surface area contributed by atoms with Crippen LogP contribution in [0.3, 0.4) is 0 Å². The highest BCUT2D eigenvalue weighted by atomic mass is 16.4. The van der Waals surface area contributed by atoms with Crippen LogP contribution in [-0.2, 0) is 0 Å². The van der Waals surface area contributed by atoms with Crippen molar-refractivity contribution in [3.05, 3.63) is 52.4 Å². The fourth-order valence-corrected chi connectivity index (χ4v) is 2.07. The largest absolute Gasteiger partial charge is 0.507 e. The van der Waals surface area contributed by atoms with E-state index in [-0.39, 0.29) is 11.1 Å². The van der Waals surface area contributed by atoms with Crippen LogP contribution in [0.1, 0.15) is 5.56 Å². The Labute approximate surface area is 96.9 Å². The van der Waals surface area contributed by atoms with E-state index in [9.17, 15) is 9.90 Å². The molecule has 0 aliphatic rings. The summed E-state index contributed by atoms with van der Waals surface area (Å²) in [4.78, 5) is 11.8. The second-order valence-electron chi connectivity index (χ2n) is 4.09. The molecule has 0 radical (unpaired) electrons. The number of fused-ring (bicyclic) bond motifs is 3. The Morgan fingerprint density at radius 1 is 1.12 bits per heavy atom. The van der Waals surface area contributed by atoms with E-state index in [4.69, 9.17) is 4.42 Å². The summed E-state index contributed by atoms with van der Waals surface area (Å²) in [5, 5.41) is 11.5. The van der Waals surface area contributed by atoms with Gasteiger partial charge in [0.25, 0.3) is 0 Å². The molecule has 0 aliphatic carbocycles. The molecule has 0 fully saturated rings. The molecule has 1 aromatic heterocycles. The molecular weight excluding hydrogens is 216 g/mol. The average molecular weight is 226 g/mol. The quantitative estimate of drug-likeness (QED) is 0.473. The van der Waals surface area contributed by atoms with Gasteiger partial charge in [0, 0.05) is 10.8 Å². The fourth-order valence-electron chi connectivity index (χ4n) is 2.07. The number of benzene rings is 2. The number of aryl methyl sites for hydroxylation is 1. The van der Waals surface area contributed by atoms with Gasteiger partial charge in [0.15, 0.2) is 0 Å². The first-order valence-corrected chi connectivity index (χ1v) is 5.32. The molecular formula is C14H10O3. The molecule has 0 spiro atoms. The van der Waals surface area contributed by atoms with E-state index < -0.39 is 5.63 Å². The van der Waals surface area contributed by atoms with Gasteiger partial charge < -0.3 is 9.52 Å². The van der Waals surface area contributed by atoms with Gasteiger partial charge >= 0.3 is 5.63 Å². The highest BCUT2D eigenvalue weighted by molar-refractivity contribution is 6.06. The van der Waals surface area contributed by atoms with Crippen LogP contribution < -0.4 is 5.63 Å². The van der Waals surface area contributed by atoms with Gasteiger partial charge in [0.2, 0.25) is 0 Å². The molecule has 1 N–H and O–H groups in total. The Morgan fingerprint density at radius 3 is 2.76 bits per heavy atom. The minimum atomic E-state index is -0.505. The zero-order valence-electron chi connectivity index (χ0n) is 9.23. The fraction of sp³-hybridized carbons (Fsp3) is 0.0714. The van der Waals surface area contributed by atoms with Crippen LogP contribution in [-0.4, -0.2) is 5.11 Å². The number of hydrogen-bond acceptors (Lipinski definition) is 3. The predicted octanol–water partition coefficient (Wildman–Crippen LogP) is 2.96. The van der Waals surface area contributed by atoms with Crippen molar-refractivity contribution in [3.8, 4) is 5.75 Å². The summed E-state index contributed by atoms with van der Waals surface area (Å²) >= 11 is 0. The number of rotatable bonds is 0. The molecule has 17 heavy (non-hydrogen) atoms. The van der Waals surface area contributed by atoms with E-state index in [1.165, 1.54) is 6.07 Å². The zero-order chi connectivity index (χ0) is 12.0. The Kier molecular flexibility index (Phi) is 1.95. The summed E-state index contributed by atoms with van der Waals surface area (Å²) in [5.74, 6) is -0.0420. The lowest BCUT2D eigenvalue weighted by molar-refractivity contribution is 0.477. The zero-order valence-corrected chi connectivity index (χ0v) is 9.23. The predicted molar refractivity (Wildman–Crippen MR) is 66.4 cm³/mol. The van der Waals surface area contributed by atoms with Crippen molar-refractivity contribution >= 4 is 21.7 Å². The van der Waals surface area contributed by atoms with E-state index >= 15 is 0 Å². The van der Waals surface area contributed by atoms with Gasteiger partial charge in [-0.15, -0.1) is 0 Å². The van der Waals surface area contributed by atoms with E-state index in [2.05, 4.69) is 0 Å². The van der Waals surface area contributed by atoms with E-state index in [0.717, 1.165) is 16.3 Å². The highest BCUT2D eigenvalue weighted by Gasteiger charge is 2.10. The van der Waals surface area contributed by atoms with Gasteiger partial charge in [-0.3, -0.25) is 0 Å². The third-order valence-electron chi connectivity index (χ3n) is 2.87. The molecule has 0 bridgehead atoms. The molecule has 0 aliphatic heterocycles. The van der Waals surface area contributed by atoms with Crippen LogP contribution in [0, 0.1) is 6.92 Å². The Morgan fingerprint density at radius 2 is 1.94 bits per heavy atom. The minimum Gasteiger partial charge on any atom is -0.507 e. The van der Waals surface area contributed by atoms with Crippen LogP contribution in [0.15, 0.2) is 45.6 Å². The van der Waals surface area contributed by atoms with Crippen molar-refractivity contribution in [2.75, 3.05) is 0 Å². The molecule has 0 atom stereocenters. The summed E-state index contributed by atoms with van der Waals surface area (Å²) in [5.41, 5.74) is 1.11. The smallest absolute Gasteiger partial charge is 0.347 e. The summed E-state index contributed by atoms with van der Waals surface area (Å²) in [6, 6.07) is 10.6. The normalized spacial score (nSPS) is 11.1. The highest BCUT2D eigenvalue weighted by Crippen LogP contribution is 2.28. The summed E-state index contributed by atoms with van der Waals surface area (Å²) in [6.07, 6.45) is 0. The van der Waals surface area contributed by atoms with E-state index in [0.29, 0.717) is 5.58 Å². The van der Waals surface area contributed by atoms with E-state index in [1.807, 2.05) is 25.1 Å². The molecule has 0 saturated carbocycles. The second-order valence-corrected chi connectivity index (χ2v) is 4.09. The topological polar surface area (TPSA) is 50.4 Å². The Balaban J connectivity index is 2.67. The standard InChI is InChI=1S/C14H10O3/c1-8-5-6-12-10(7-8)9-3-2-4-11(15)13(9)14(16)17-12/h2-7,15H,1H3. The number of phenols is 1. The summed E-state index contributed by atoms with van der Waals surface area (Å²) in [6.45, 7) is 1.97. The molecule has 3 heteroatoms. The van der Waals surface area contributed by atoms with Crippen molar-refractivity contribution < 1.29 is 9.52 Å². The van der Waals surface area contributed by atoms with Crippen LogP contribution in [0.4, 0.5) is 0 Å². The van der Waals surface area contributed by atoms with Crippen LogP contribution >= 0.6 is 0 Å². The van der Waals surface area contributed by atoms with Gasteiger partial charge in [0.1, 0.15) is 16.7 Å². The van der Waals surface area contributed by atoms with Gasteiger partial charge in [-0.1, -0.05) is 23.8 Å². The maximum atomic E-state index is 11.8. The first-order valence-electron chi connectivity index (χ1n) is 5.32. The molecule has 3 nitrogen and oxygen atoms in total. The van der Waals surface area contributed by atoms with Gasteiger partial charge in [-0.25, -0.2) is 4.79 Å². The molecule has 0 unspecified atom stereocenters. The SMILES string of the molecule is Cc1ccc2oc(=O)c3c(O)cccc3c2c1. The van der Waals surface area contributed by atoms with Crippen LogP contribution in [0.2, 0.25) is 0 Å². The lowest BCUT2D eigenvalue weighted by atomic mass is 10.1. The van der Waals surface area contributed by atoms with Crippen molar-refractivity contribution in [1.82, 2.24) is 0 Å².